The molecular formula is C16H23N3O5. The summed E-state index contributed by atoms with van der Waals surface area (Å²) in [6, 6.07) is 1.42. The fraction of sp³-hybridized carbons (Fsp3) is 0.625. The molecule has 1 aliphatic rings. The van der Waals surface area contributed by atoms with Crippen LogP contribution in [0.1, 0.15) is 43.5 Å². The van der Waals surface area contributed by atoms with Crippen LogP contribution in [0.2, 0.25) is 0 Å². The third-order valence-electron chi connectivity index (χ3n) is 4.43. The van der Waals surface area contributed by atoms with E-state index < -0.39 is 16.5 Å². The average molecular weight is 337 g/mol. The van der Waals surface area contributed by atoms with Crippen LogP contribution in [-0.2, 0) is 11.3 Å². The number of ether oxygens (including phenoxy) is 1. The molecule has 0 spiro atoms. The highest BCUT2D eigenvalue weighted by molar-refractivity contribution is 5.89. The predicted octanol–water partition coefficient (Wildman–Crippen LogP) is 1.81. The number of nitro groups is 1. The Labute approximate surface area is 140 Å². The van der Waals surface area contributed by atoms with Crippen molar-refractivity contribution < 1.29 is 14.5 Å². The standard InChI is InChI=1S/C16H23N3O5/c1-11(2)18-7-5-4-6-12(18)9-17-10-13(19(22)23)8-14(15(17)20)16(21)24-3/h8,10-12H,4-7,9H2,1-3H3/t12-/m1/s1. The molecule has 0 aliphatic carbocycles. The zero-order valence-corrected chi connectivity index (χ0v) is 14.2. The highest BCUT2D eigenvalue weighted by Crippen LogP contribution is 2.21. The van der Waals surface area contributed by atoms with Crippen LogP contribution in [0.15, 0.2) is 17.1 Å². The number of piperidine rings is 1. The largest absolute Gasteiger partial charge is 0.465 e. The van der Waals surface area contributed by atoms with Gasteiger partial charge in [0, 0.05) is 24.7 Å². The van der Waals surface area contributed by atoms with E-state index in [1.165, 1.54) is 10.8 Å². The number of esters is 1. The fourth-order valence-electron chi connectivity index (χ4n) is 3.24. The summed E-state index contributed by atoms with van der Waals surface area (Å²) >= 11 is 0. The normalized spacial score (nSPS) is 18.6. The van der Waals surface area contributed by atoms with Crippen molar-refractivity contribution in [1.29, 1.82) is 0 Å². The Morgan fingerprint density at radius 1 is 1.46 bits per heavy atom. The lowest BCUT2D eigenvalue weighted by molar-refractivity contribution is -0.385. The smallest absolute Gasteiger partial charge is 0.343 e. The topological polar surface area (TPSA) is 94.7 Å². The molecule has 1 aliphatic heterocycles. The minimum Gasteiger partial charge on any atom is -0.465 e. The Balaban J connectivity index is 2.41. The number of carbonyl (C=O) groups excluding carboxylic acids is 1. The van der Waals surface area contributed by atoms with Gasteiger partial charge in [-0.1, -0.05) is 6.42 Å². The van der Waals surface area contributed by atoms with Gasteiger partial charge in [0.15, 0.2) is 0 Å². The van der Waals surface area contributed by atoms with Crippen LogP contribution < -0.4 is 5.56 Å². The van der Waals surface area contributed by atoms with Gasteiger partial charge in [0.2, 0.25) is 0 Å². The molecule has 2 heterocycles. The van der Waals surface area contributed by atoms with Gasteiger partial charge in [0.25, 0.3) is 11.2 Å². The molecule has 0 amide bonds. The first kappa shape index (κ1) is 18.1. The Bertz CT molecular complexity index is 683. The molecule has 132 valence electrons. The molecule has 1 atom stereocenters. The monoisotopic (exact) mass is 337 g/mol. The number of aromatic nitrogens is 1. The SMILES string of the molecule is COC(=O)c1cc([N+](=O)[O-])cn(C[C@H]2CCCCN2C(C)C)c1=O. The molecule has 0 unspecified atom stereocenters. The van der Waals surface area contributed by atoms with E-state index in [2.05, 4.69) is 23.5 Å². The molecular weight excluding hydrogens is 314 g/mol. The third-order valence-corrected chi connectivity index (χ3v) is 4.43. The van der Waals surface area contributed by atoms with Gasteiger partial charge in [0.05, 0.1) is 18.2 Å². The van der Waals surface area contributed by atoms with Crippen LogP contribution in [0.5, 0.6) is 0 Å². The summed E-state index contributed by atoms with van der Waals surface area (Å²) in [5.41, 5.74) is -1.15. The van der Waals surface area contributed by atoms with Gasteiger partial charge in [-0.3, -0.25) is 19.8 Å². The molecule has 1 aromatic heterocycles. The summed E-state index contributed by atoms with van der Waals surface area (Å²) in [6.07, 6.45) is 4.29. The highest BCUT2D eigenvalue weighted by Gasteiger charge is 2.27. The van der Waals surface area contributed by atoms with Crippen molar-refractivity contribution >= 4 is 11.7 Å². The first-order valence-corrected chi connectivity index (χ1v) is 8.08. The maximum absolute atomic E-state index is 12.5. The van der Waals surface area contributed by atoms with Crippen LogP contribution in [0.4, 0.5) is 5.69 Å². The van der Waals surface area contributed by atoms with E-state index in [9.17, 15) is 19.7 Å². The van der Waals surface area contributed by atoms with Crippen LogP contribution in [0.25, 0.3) is 0 Å². The lowest BCUT2D eigenvalue weighted by Gasteiger charge is -2.38. The minimum absolute atomic E-state index is 0.115. The molecule has 0 bridgehead atoms. The Kier molecular flexibility index (Phi) is 5.71. The fourth-order valence-corrected chi connectivity index (χ4v) is 3.24. The van der Waals surface area contributed by atoms with Crippen molar-refractivity contribution in [3.63, 3.8) is 0 Å². The number of likely N-dealkylation sites (tertiary alicyclic amines) is 1. The molecule has 0 N–H and O–H groups in total. The van der Waals surface area contributed by atoms with Crippen molar-refractivity contribution in [2.45, 2.75) is 51.7 Å². The van der Waals surface area contributed by atoms with E-state index in [4.69, 9.17) is 0 Å². The summed E-state index contributed by atoms with van der Waals surface area (Å²) in [5.74, 6) is -0.859. The van der Waals surface area contributed by atoms with Gasteiger partial charge in [-0.05, 0) is 33.2 Å². The highest BCUT2D eigenvalue weighted by atomic mass is 16.6. The molecule has 8 nitrogen and oxygen atoms in total. The van der Waals surface area contributed by atoms with Crippen LogP contribution in [-0.4, -0.2) is 46.1 Å². The van der Waals surface area contributed by atoms with Crippen molar-refractivity contribution in [3.8, 4) is 0 Å². The number of nitrogens with zero attached hydrogens (tertiary/aromatic N) is 3. The van der Waals surface area contributed by atoms with Gasteiger partial charge < -0.3 is 9.30 Å². The molecule has 1 saturated heterocycles. The molecule has 1 aromatic rings. The second-order valence-electron chi connectivity index (χ2n) is 6.30. The van der Waals surface area contributed by atoms with Crippen LogP contribution in [0, 0.1) is 10.1 Å². The number of carbonyl (C=O) groups is 1. The molecule has 0 aromatic carbocycles. The number of hydrogen-bond donors (Lipinski definition) is 0. The van der Waals surface area contributed by atoms with E-state index in [0.717, 1.165) is 39.0 Å². The number of rotatable bonds is 5. The van der Waals surface area contributed by atoms with Crippen molar-refractivity contribution in [3.05, 3.63) is 38.3 Å². The molecule has 0 radical (unpaired) electrons. The average Bonchev–Trinajstić information content (AvgIpc) is 2.56. The number of methoxy groups -OCH3 is 1. The molecule has 8 heteroatoms. The van der Waals surface area contributed by atoms with E-state index in [1.807, 2.05) is 0 Å². The van der Waals surface area contributed by atoms with Crippen LogP contribution >= 0.6 is 0 Å². The summed E-state index contributed by atoms with van der Waals surface area (Å²) in [6.45, 7) is 5.45. The van der Waals surface area contributed by atoms with E-state index in [1.54, 1.807) is 0 Å². The predicted molar refractivity (Wildman–Crippen MR) is 88.2 cm³/mol. The summed E-state index contributed by atoms with van der Waals surface area (Å²) in [4.78, 5) is 37.1. The van der Waals surface area contributed by atoms with E-state index >= 15 is 0 Å². The van der Waals surface area contributed by atoms with E-state index in [0.29, 0.717) is 12.6 Å². The van der Waals surface area contributed by atoms with E-state index in [-0.39, 0.29) is 17.3 Å². The maximum atomic E-state index is 12.5. The molecule has 0 saturated carbocycles. The van der Waals surface area contributed by atoms with Gasteiger partial charge in [0.1, 0.15) is 5.56 Å². The lowest BCUT2D eigenvalue weighted by atomic mass is 10.00. The Morgan fingerprint density at radius 2 is 2.17 bits per heavy atom. The van der Waals surface area contributed by atoms with Gasteiger partial charge in [-0.15, -0.1) is 0 Å². The van der Waals surface area contributed by atoms with Crippen molar-refractivity contribution in [2.24, 2.45) is 0 Å². The zero-order chi connectivity index (χ0) is 17.9. The molecule has 1 fully saturated rings. The summed E-state index contributed by atoms with van der Waals surface area (Å²) in [7, 11) is 1.15. The van der Waals surface area contributed by atoms with Crippen molar-refractivity contribution in [1.82, 2.24) is 9.47 Å². The first-order valence-electron chi connectivity index (χ1n) is 8.08. The van der Waals surface area contributed by atoms with Crippen LogP contribution in [0.3, 0.4) is 0 Å². The second-order valence-corrected chi connectivity index (χ2v) is 6.30. The Morgan fingerprint density at radius 3 is 2.75 bits per heavy atom. The summed E-state index contributed by atoms with van der Waals surface area (Å²) in [5, 5.41) is 11.1. The quantitative estimate of drug-likeness (QED) is 0.462. The molecule has 2 rings (SSSR count). The Hall–Kier alpha value is -2.22. The van der Waals surface area contributed by atoms with Crippen molar-refractivity contribution in [2.75, 3.05) is 13.7 Å². The zero-order valence-electron chi connectivity index (χ0n) is 14.2. The number of hydrogen-bond acceptors (Lipinski definition) is 6. The number of pyridine rings is 1. The molecule has 24 heavy (non-hydrogen) atoms. The van der Waals surface area contributed by atoms with Gasteiger partial charge in [-0.25, -0.2) is 4.79 Å². The third kappa shape index (κ3) is 3.81. The maximum Gasteiger partial charge on any atom is 0.343 e. The lowest BCUT2D eigenvalue weighted by Crippen LogP contribution is -2.47. The summed E-state index contributed by atoms with van der Waals surface area (Å²) < 4.78 is 5.84. The van der Waals surface area contributed by atoms with Gasteiger partial charge in [-0.2, -0.15) is 0 Å². The minimum atomic E-state index is -0.859. The first-order chi connectivity index (χ1) is 11.3. The second kappa shape index (κ2) is 7.57. The van der Waals surface area contributed by atoms with Gasteiger partial charge >= 0.3 is 5.97 Å².